The molecule has 1 aromatic carbocycles. The van der Waals surface area contributed by atoms with Gasteiger partial charge in [0.05, 0.1) is 17.8 Å². The van der Waals surface area contributed by atoms with Crippen molar-refractivity contribution in [3.63, 3.8) is 0 Å². The van der Waals surface area contributed by atoms with E-state index in [2.05, 4.69) is 32.7 Å². The maximum Gasteiger partial charge on any atom is 0.233 e. The van der Waals surface area contributed by atoms with E-state index in [9.17, 15) is 4.79 Å². The Morgan fingerprint density at radius 1 is 1.16 bits per heavy atom. The van der Waals surface area contributed by atoms with Gasteiger partial charge in [-0.05, 0) is 49.4 Å². The number of nitrogens with zero attached hydrogens (tertiary/aromatic N) is 4. The van der Waals surface area contributed by atoms with Crippen molar-refractivity contribution >= 4 is 11.7 Å². The molecule has 1 aliphatic carbocycles. The fourth-order valence-corrected chi connectivity index (χ4v) is 3.33. The van der Waals surface area contributed by atoms with E-state index in [1.165, 1.54) is 5.56 Å². The number of aryl methyl sites for hydroxylation is 2. The number of hydrogen-bond donors (Lipinski definition) is 1. The molecule has 1 amide bonds. The average molecular weight is 333 g/mol. The van der Waals surface area contributed by atoms with Gasteiger partial charge in [0.15, 0.2) is 5.82 Å². The van der Waals surface area contributed by atoms with Gasteiger partial charge in [-0.2, -0.15) is 14.9 Å². The van der Waals surface area contributed by atoms with Crippen molar-refractivity contribution in [2.24, 2.45) is 0 Å². The zero-order valence-corrected chi connectivity index (χ0v) is 14.0. The second-order valence-corrected chi connectivity index (χ2v) is 6.29. The number of hydrogen-bond acceptors (Lipinski definition) is 4. The van der Waals surface area contributed by atoms with Crippen molar-refractivity contribution < 1.29 is 4.79 Å². The monoisotopic (exact) mass is 333 g/mol. The van der Waals surface area contributed by atoms with Crippen molar-refractivity contribution in [2.75, 3.05) is 5.32 Å². The minimum absolute atomic E-state index is 0.00558. The first-order valence-corrected chi connectivity index (χ1v) is 8.46. The topological polar surface area (TPSA) is 72.7 Å². The molecule has 6 nitrogen and oxygen atoms in total. The maximum absolute atomic E-state index is 12.9. The summed E-state index contributed by atoms with van der Waals surface area (Å²) in [6.07, 6.45) is 4.57. The third-order valence-corrected chi connectivity index (χ3v) is 4.58. The average Bonchev–Trinajstić information content (AvgIpc) is 3.10. The molecule has 1 atom stereocenters. The molecule has 2 aromatic heterocycles. The minimum Gasteiger partial charge on any atom is -0.310 e. The van der Waals surface area contributed by atoms with Crippen LogP contribution in [0.4, 0.5) is 5.82 Å². The van der Waals surface area contributed by atoms with Crippen LogP contribution in [0.15, 0.2) is 48.7 Å². The zero-order valence-electron chi connectivity index (χ0n) is 14.0. The second kappa shape index (κ2) is 6.47. The molecule has 3 aromatic rings. The van der Waals surface area contributed by atoms with E-state index < -0.39 is 0 Å². The number of anilines is 1. The van der Waals surface area contributed by atoms with Gasteiger partial charge in [-0.1, -0.05) is 24.3 Å². The van der Waals surface area contributed by atoms with Crippen LogP contribution in [0.2, 0.25) is 0 Å². The van der Waals surface area contributed by atoms with Crippen molar-refractivity contribution in [2.45, 2.75) is 32.1 Å². The standard InChI is InChI=1S/C19H19N5O/c1-13-9-10-18(23-22-13)24-17(11-12-20-24)21-19(25)16-8-4-6-14-5-2-3-7-15(14)16/h2-3,5,7,9-12,16H,4,6,8H2,1H3,(H,21,25). The molecular formula is C19H19N5O. The van der Waals surface area contributed by atoms with E-state index in [1.807, 2.05) is 31.2 Å². The maximum atomic E-state index is 12.9. The Balaban J connectivity index is 1.59. The molecular weight excluding hydrogens is 314 g/mol. The predicted octanol–water partition coefficient (Wildman–Crippen LogP) is 3.03. The van der Waals surface area contributed by atoms with Crippen molar-refractivity contribution in [1.82, 2.24) is 20.0 Å². The Morgan fingerprint density at radius 2 is 2.04 bits per heavy atom. The molecule has 2 heterocycles. The zero-order chi connectivity index (χ0) is 17.2. The third-order valence-electron chi connectivity index (χ3n) is 4.58. The molecule has 25 heavy (non-hydrogen) atoms. The molecule has 1 aliphatic rings. The summed E-state index contributed by atoms with van der Waals surface area (Å²) < 4.78 is 1.60. The van der Waals surface area contributed by atoms with Crippen molar-refractivity contribution in [1.29, 1.82) is 0 Å². The van der Waals surface area contributed by atoms with Crippen LogP contribution in [0, 0.1) is 6.92 Å². The lowest BCUT2D eigenvalue weighted by molar-refractivity contribution is -0.117. The lowest BCUT2D eigenvalue weighted by Gasteiger charge is -2.24. The first kappa shape index (κ1) is 15.5. The summed E-state index contributed by atoms with van der Waals surface area (Å²) in [5, 5.41) is 15.5. The summed E-state index contributed by atoms with van der Waals surface area (Å²) in [7, 11) is 0. The lowest BCUT2D eigenvalue weighted by Crippen LogP contribution is -2.25. The molecule has 0 saturated heterocycles. The molecule has 0 bridgehead atoms. The summed E-state index contributed by atoms with van der Waals surface area (Å²) in [4.78, 5) is 12.9. The van der Waals surface area contributed by atoms with Crippen LogP contribution in [0.1, 0.15) is 35.6 Å². The second-order valence-electron chi connectivity index (χ2n) is 6.29. The van der Waals surface area contributed by atoms with E-state index in [0.717, 1.165) is 30.5 Å². The van der Waals surface area contributed by atoms with Gasteiger partial charge in [-0.3, -0.25) is 4.79 Å². The molecule has 0 saturated carbocycles. The quantitative estimate of drug-likeness (QED) is 0.799. The van der Waals surface area contributed by atoms with Gasteiger partial charge >= 0.3 is 0 Å². The summed E-state index contributed by atoms with van der Waals surface area (Å²) in [6, 6.07) is 13.7. The number of amides is 1. The third kappa shape index (κ3) is 3.03. The number of nitrogens with one attached hydrogen (secondary N) is 1. The van der Waals surface area contributed by atoms with Gasteiger partial charge in [0, 0.05) is 6.07 Å². The van der Waals surface area contributed by atoms with Gasteiger partial charge in [-0.15, -0.1) is 5.10 Å². The van der Waals surface area contributed by atoms with E-state index in [1.54, 1.807) is 16.9 Å². The van der Waals surface area contributed by atoms with Gasteiger partial charge in [0.2, 0.25) is 5.91 Å². The SMILES string of the molecule is Cc1ccc(-n2nccc2NC(=O)C2CCCc3ccccc32)nn1. The van der Waals surface area contributed by atoms with Crippen molar-refractivity contribution in [3.05, 3.63) is 65.5 Å². The van der Waals surface area contributed by atoms with Crippen molar-refractivity contribution in [3.8, 4) is 5.82 Å². The minimum atomic E-state index is -0.127. The smallest absolute Gasteiger partial charge is 0.233 e. The van der Waals surface area contributed by atoms with Crippen LogP contribution < -0.4 is 5.32 Å². The molecule has 0 radical (unpaired) electrons. The summed E-state index contributed by atoms with van der Waals surface area (Å²) >= 11 is 0. The Labute approximate surface area is 145 Å². The number of aromatic nitrogens is 4. The highest BCUT2D eigenvalue weighted by atomic mass is 16.2. The highest BCUT2D eigenvalue weighted by Crippen LogP contribution is 2.32. The predicted molar refractivity (Wildman–Crippen MR) is 94.6 cm³/mol. The molecule has 1 N–H and O–H groups in total. The molecule has 0 fully saturated rings. The first-order valence-electron chi connectivity index (χ1n) is 8.46. The molecule has 126 valence electrons. The van der Waals surface area contributed by atoms with E-state index in [0.29, 0.717) is 11.6 Å². The van der Waals surface area contributed by atoms with Crippen LogP contribution >= 0.6 is 0 Å². The molecule has 0 aliphatic heterocycles. The van der Waals surface area contributed by atoms with Crippen LogP contribution in [-0.2, 0) is 11.2 Å². The largest absolute Gasteiger partial charge is 0.310 e. The lowest BCUT2D eigenvalue weighted by atomic mass is 9.82. The Hall–Kier alpha value is -3.02. The summed E-state index contributed by atoms with van der Waals surface area (Å²) in [5.74, 6) is 1.05. The number of carbonyl (C=O) groups is 1. The van der Waals surface area contributed by atoms with Crippen LogP contribution in [0.25, 0.3) is 5.82 Å². The number of rotatable bonds is 3. The Morgan fingerprint density at radius 3 is 2.88 bits per heavy atom. The highest BCUT2D eigenvalue weighted by Gasteiger charge is 2.26. The molecule has 1 unspecified atom stereocenters. The first-order chi connectivity index (χ1) is 12.2. The van der Waals surface area contributed by atoms with E-state index in [4.69, 9.17) is 0 Å². The Kier molecular flexibility index (Phi) is 4.01. The Bertz CT molecular complexity index is 900. The summed E-state index contributed by atoms with van der Waals surface area (Å²) in [6.45, 7) is 1.88. The van der Waals surface area contributed by atoms with E-state index >= 15 is 0 Å². The van der Waals surface area contributed by atoms with Crippen LogP contribution in [0.3, 0.4) is 0 Å². The van der Waals surface area contributed by atoms with Gasteiger partial charge in [0.25, 0.3) is 0 Å². The number of benzene rings is 1. The van der Waals surface area contributed by atoms with Crippen LogP contribution in [0.5, 0.6) is 0 Å². The van der Waals surface area contributed by atoms with E-state index in [-0.39, 0.29) is 11.8 Å². The normalized spacial score (nSPS) is 16.3. The highest BCUT2D eigenvalue weighted by molar-refractivity contribution is 5.95. The van der Waals surface area contributed by atoms with Crippen LogP contribution in [-0.4, -0.2) is 25.9 Å². The fraction of sp³-hybridized carbons (Fsp3) is 0.263. The van der Waals surface area contributed by atoms with Gasteiger partial charge in [-0.25, -0.2) is 0 Å². The summed E-state index contributed by atoms with van der Waals surface area (Å²) in [5.41, 5.74) is 3.24. The van der Waals surface area contributed by atoms with Gasteiger partial charge < -0.3 is 5.32 Å². The number of fused-ring (bicyclic) bond motifs is 1. The molecule has 6 heteroatoms. The van der Waals surface area contributed by atoms with Gasteiger partial charge in [0.1, 0.15) is 5.82 Å². The molecule has 0 spiro atoms. The fourth-order valence-electron chi connectivity index (χ4n) is 3.33. The number of carbonyl (C=O) groups excluding carboxylic acids is 1. The molecule has 4 rings (SSSR count).